The minimum absolute atomic E-state index is 0.00497. The fourth-order valence-electron chi connectivity index (χ4n) is 12.4. The van der Waals surface area contributed by atoms with Gasteiger partial charge in [-0.3, -0.25) is 19.7 Å². The number of nitrogens with zero attached hydrogens (tertiary/aromatic N) is 1. The molecular formula is C95H92Cl3FN8O18S7. The van der Waals surface area contributed by atoms with Crippen LogP contribution in [0.3, 0.4) is 0 Å². The summed E-state index contributed by atoms with van der Waals surface area (Å²) in [5.41, 5.74) is 49.6. The number of nitro benzene ring substituents is 1. The predicted octanol–water partition coefficient (Wildman–Crippen LogP) is 24.1. The SMILES string of the molecule is CC(=O)Nc1sc(C)c(-c2ccccc2)c1C(=O)O.CC(=O)c1c(-c2ccc(Cl)cc2)csc1N.CC(C)COC(=O)c1c(-c2cc(Cl)cc(Cl)c2)csc1N.CC(C)OC(=O)c1c(-c2ccc(CO)c(CO)c2)csc1N.CCOC(=O)c1c(-c2ccc(F)cc2)csc1N.CCOC(=O)c1c(-c2ccc([N+](=O)[O-])cc2)csc1N.COC(=O)c1c(-c2ccccc2)csc1N. The molecule has 26 nitrogen and oxygen atoms in total. The molecule has 0 saturated heterocycles. The third-order valence-corrected chi connectivity index (χ3v) is 25.0. The number of carbonyl (C=O) groups is 8. The van der Waals surface area contributed by atoms with Crippen molar-refractivity contribution < 1.29 is 86.7 Å². The Hall–Kier alpha value is -12.7. The number of nitrogens with two attached hydrogens (primary N) is 6. The number of aliphatic hydroxyl groups is 2. The summed E-state index contributed by atoms with van der Waals surface area (Å²) in [6.45, 7) is 16.3. The number of ketones is 1. The van der Waals surface area contributed by atoms with Crippen molar-refractivity contribution in [2.45, 2.75) is 81.6 Å². The van der Waals surface area contributed by atoms with Crippen LogP contribution in [0.25, 0.3) is 77.9 Å². The summed E-state index contributed by atoms with van der Waals surface area (Å²) >= 11 is 26.9. The lowest BCUT2D eigenvalue weighted by molar-refractivity contribution is -0.384. The van der Waals surface area contributed by atoms with Crippen LogP contribution in [0.1, 0.15) is 144 Å². The Morgan fingerprint density at radius 3 is 1.22 bits per heavy atom. The molecule has 0 atom stereocenters. The lowest BCUT2D eigenvalue weighted by Gasteiger charge is -2.11. The minimum atomic E-state index is -1.04. The van der Waals surface area contributed by atoms with Crippen molar-refractivity contribution in [2.24, 2.45) is 5.92 Å². The number of ether oxygens (including phenoxy) is 5. The smallest absolute Gasteiger partial charge is 0.342 e. The summed E-state index contributed by atoms with van der Waals surface area (Å²) in [4.78, 5) is 105. The number of hydrogen-bond donors (Lipinski definition) is 10. The van der Waals surface area contributed by atoms with E-state index < -0.39 is 40.7 Å². The number of aliphatic hydroxyl groups excluding tert-OH is 2. The molecule has 0 saturated carbocycles. The van der Waals surface area contributed by atoms with Gasteiger partial charge in [0.1, 0.15) is 69.2 Å². The number of nitrogen functional groups attached to an aromatic ring is 6. The maximum absolute atomic E-state index is 12.9. The Bertz CT molecular complexity index is 6350. The van der Waals surface area contributed by atoms with Gasteiger partial charge in [0.2, 0.25) is 5.91 Å². The first-order valence-electron chi connectivity index (χ1n) is 39.7. The first-order chi connectivity index (χ1) is 62.9. The number of halogens is 4. The molecule has 0 fully saturated rings. The molecule has 0 bridgehead atoms. The number of carboxylic acid groups (broad SMARTS) is 1. The second-order valence-electron chi connectivity index (χ2n) is 28.5. The normalized spacial score (nSPS) is 10.5. The van der Waals surface area contributed by atoms with Crippen molar-refractivity contribution in [3.8, 4) is 77.9 Å². The van der Waals surface area contributed by atoms with E-state index in [9.17, 15) is 68.2 Å². The first kappa shape index (κ1) is 105. The van der Waals surface area contributed by atoms with Crippen molar-refractivity contribution in [1.82, 2.24) is 0 Å². The van der Waals surface area contributed by atoms with Gasteiger partial charge in [0.25, 0.3) is 5.69 Å². The van der Waals surface area contributed by atoms with Crippen molar-refractivity contribution in [3.05, 3.63) is 288 Å². The number of Topliss-reactive ketones (excluding diaryl/α,β-unsaturated/α-hetero) is 1. The number of thiophene rings is 7. The number of methoxy groups -OCH3 is 1. The molecule has 14 aromatic rings. The number of anilines is 7. The summed E-state index contributed by atoms with van der Waals surface area (Å²) in [6.07, 6.45) is -0.232. The summed E-state index contributed by atoms with van der Waals surface area (Å²) in [7, 11) is 1.36. The number of aryl methyl sites for hydroxylation is 1. The van der Waals surface area contributed by atoms with E-state index in [1.54, 1.807) is 117 Å². The molecule has 0 aliphatic heterocycles. The van der Waals surface area contributed by atoms with Gasteiger partial charge in [0.05, 0.1) is 61.7 Å². The second kappa shape index (κ2) is 50.1. The van der Waals surface area contributed by atoms with Crippen LogP contribution < -0.4 is 39.7 Å². The molecule has 0 unspecified atom stereocenters. The van der Waals surface area contributed by atoms with E-state index in [4.69, 9.17) is 92.9 Å². The molecule has 0 aliphatic rings. The third kappa shape index (κ3) is 28.2. The van der Waals surface area contributed by atoms with Gasteiger partial charge in [-0.1, -0.05) is 146 Å². The third-order valence-electron chi connectivity index (χ3n) is 18.4. The van der Waals surface area contributed by atoms with Gasteiger partial charge in [-0.2, -0.15) is 0 Å². The zero-order valence-electron chi connectivity index (χ0n) is 72.6. The number of carboxylic acids is 1. The van der Waals surface area contributed by atoms with Crippen LogP contribution in [0, 0.1) is 28.8 Å². The molecule has 16 N–H and O–H groups in total. The fourth-order valence-corrected chi connectivity index (χ4v) is 19.1. The number of nitrogens with one attached hydrogen (secondary N) is 1. The summed E-state index contributed by atoms with van der Waals surface area (Å²) in [6, 6.07) is 48.6. The van der Waals surface area contributed by atoms with E-state index in [1.807, 2.05) is 110 Å². The average molecular weight is 1980 g/mol. The number of benzene rings is 7. The summed E-state index contributed by atoms with van der Waals surface area (Å²) in [5.74, 6) is -3.58. The number of esters is 5. The Labute approximate surface area is 802 Å². The highest BCUT2D eigenvalue weighted by molar-refractivity contribution is 7.18. The lowest BCUT2D eigenvalue weighted by atomic mass is 9.98. The summed E-state index contributed by atoms with van der Waals surface area (Å²) < 4.78 is 38.0. The maximum atomic E-state index is 12.9. The molecule has 132 heavy (non-hydrogen) atoms. The molecule has 0 radical (unpaired) electrons. The Morgan fingerprint density at radius 1 is 0.455 bits per heavy atom. The second-order valence-corrected chi connectivity index (χ2v) is 36.5. The van der Waals surface area contributed by atoms with Crippen molar-refractivity contribution in [3.63, 3.8) is 0 Å². The first-order valence-corrected chi connectivity index (χ1v) is 46.9. The molecule has 37 heteroatoms. The van der Waals surface area contributed by atoms with Crippen LogP contribution in [-0.4, -0.2) is 101 Å². The highest BCUT2D eigenvalue weighted by atomic mass is 35.5. The number of amides is 1. The number of rotatable bonds is 23. The van der Waals surface area contributed by atoms with Crippen LogP contribution in [0.4, 0.5) is 45.1 Å². The van der Waals surface area contributed by atoms with Crippen LogP contribution in [-0.2, 0) is 41.7 Å². The van der Waals surface area contributed by atoms with E-state index in [0.29, 0.717) is 135 Å². The zero-order chi connectivity index (χ0) is 96.9. The average Bonchev–Trinajstić information content (AvgIpc) is 1.63. The highest BCUT2D eigenvalue weighted by Gasteiger charge is 2.28. The fraction of sp³-hybridized carbons (Fsp3) is 0.179. The molecule has 7 aromatic carbocycles. The number of hydrogen-bond acceptors (Lipinski definition) is 30. The number of non-ortho nitro benzene ring substituents is 1. The molecule has 7 aromatic heterocycles. The van der Waals surface area contributed by atoms with Gasteiger partial charge in [-0.15, -0.1) is 79.4 Å². The van der Waals surface area contributed by atoms with Gasteiger partial charge >= 0.3 is 35.8 Å². The number of aromatic carboxylic acids is 1. The molecule has 7 heterocycles. The van der Waals surface area contributed by atoms with Gasteiger partial charge in [-0.05, 0) is 158 Å². The topological polar surface area (TPSA) is 455 Å². The number of nitro groups is 1. The molecular weight excluding hydrogens is 1890 g/mol. The largest absolute Gasteiger partial charge is 0.478 e. The highest BCUT2D eigenvalue weighted by Crippen LogP contribution is 2.44. The molecule has 0 aliphatic carbocycles. The van der Waals surface area contributed by atoms with Crippen molar-refractivity contribution in [1.29, 1.82) is 0 Å². The lowest BCUT2D eigenvalue weighted by Crippen LogP contribution is -2.13. The van der Waals surface area contributed by atoms with Gasteiger partial charge in [-0.25, -0.2) is 33.2 Å². The molecule has 0 spiro atoms. The Kier molecular flexibility index (Phi) is 39.7. The monoisotopic (exact) mass is 1980 g/mol. The number of carbonyl (C=O) groups excluding carboxylic acids is 7. The van der Waals surface area contributed by atoms with Crippen molar-refractivity contribution >= 4 is 202 Å². The van der Waals surface area contributed by atoms with E-state index >= 15 is 0 Å². The van der Waals surface area contributed by atoms with E-state index in [1.165, 1.54) is 125 Å². The summed E-state index contributed by atoms with van der Waals surface area (Å²) in [5, 5.41) is 56.9. The Morgan fingerprint density at radius 2 is 0.826 bits per heavy atom. The van der Waals surface area contributed by atoms with E-state index in [-0.39, 0.29) is 67.2 Å². The molecule has 690 valence electrons. The predicted molar refractivity (Wildman–Crippen MR) is 533 cm³/mol. The van der Waals surface area contributed by atoms with Gasteiger partial charge in [0, 0.05) is 110 Å². The van der Waals surface area contributed by atoms with Crippen LogP contribution in [0.15, 0.2) is 202 Å². The van der Waals surface area contributed by atoms with Crippen LogP contribution in [0.2, 0.25) is 15.1 Å². The van der Waals surface area contributed by atoms with Crippen molar-refractivity contribution in [2.75, 3.05) is 66.6 Å². The van der Waals surface area contributed by atoms with E-state index in [2.05, 4.69) is 5.32 Å². The van der Waals surface area contributed by atoms with Gasteiger partial charge in [0.15, 0.2) is 5.78 Å². The van der Waals surface area contributed by atoms with Crippen LogP contribution >= 0.6 is 114 Å². The maximum Gasteiger partial charge on any atom is 0.342 e. The molecule has 1 amide bonds. The van der Waals surface area contributed by atoms with Gasteiger partial charge < -0.3 is 78.7 Å². The zero-order valence-corrected chi connectivity index (χ0v) is 80.5. The van der Waals surface area contributed by atoms with E-state index in [0.717, 1.165) is 49.4 Å². The minimum Gasteiger partial charge on any atom is -0.478 e. The standard InChI is InChI=1S/C16H19NO4S.C15H15Cl2NO2S.C14H13NO3S.C13H12FNO2S.C13H12N2O4S.C12H10ClNOS.C12H11NO2S/c1-9(2)21-16(20)14-13(8-22-15(14)17)10-3-4-11(6-18)12(5-10)7-19;1-8(2)6-20-15(19)13-12(7-21-14(13)18)9-3-10(16)5-11(17)4-9;1-8-11(10-6-4-3-5-7-10)12(14(17)18)13(19-8)15-9(2)16;1-2-17-13(16)11-10(7-18-12(11)15)8-3-5-9(14)6-4-8;1-2-19-13(16)11-10(7-20-12(11)14)8-3-5-9(6-4-8)15(17)18;1-7(15)11-10(6-16-12(11)14)8-2-4-9(13)5-3-8;1-15-12(14)10-9(7-16-11(10)13)8-5-3-2-4-6-8/h3-5,8-9,18-19H,6-7,17H2,1-2H3;3-5,7-8H,6,18H2,1-2H3;3-7H,1-2H3,(H,15,16)(H,17,18);3-7H,2,15H2,1H3;3-7H,2,14H2,1H3;2-6H,14H2,1H3;2-7H,13H2,1H3. The Balaban J connectivity index is 0.000000190. The van der Waals surface area contributed by atoms with Crippen LogP contribution in [0.5, 0.6) is 0 Å². The molecule has 14 rings (SSSR count). The quantitative estimate of drug-likeness (QED) is 0.00934.